The fourth-order valence-corrected chi connectivity index (χ4v) is 4.59. The number of carbonyl (C=O) groups excluding carboxylic acids is 2. The molecular weight excluding hydrogens is 488 g/mol. The Morgan fingerprint density at radius 2 is 1.38 bits per heavy atom. The van der Waals surface area contributed by atoms with Crippen LogP contribution in [0.15, 0.2) is 108 Å². The highest BCUT2D eigenvalue weighted by Gasteiger charge is 2.23. The van der Waals surface area contributed by atoms with Crippen molar-refractivity contribution in [2.75, 3.05) is 16.0 Å². The van der Waals surface area contributed by atoms with Gasteiger partial charge in [-0.3, -0.25) is 14.9 Å². The second kappa shape index (κ2) is 11.9. The van der Waals surface area contributed by atoms with Crippen LogP contribution in [0.2, 0.25) is 0 Å². The molecule has 0 heterocycles. The average molecular weight is 513 g/mol. The Labute approximate surface area is 218 Å². The summed E-state index contributed by atoms with van der Waals surface area (Å²) < 4.78 is 0. The number of nitrogens with zero attached hydrogens (tertiary/aromatic N) is 1. The fraction of sp³-hybridized carbons (Fsp3) is 0.0714. The van der Waals surface area contributed by atoms with E-state index in [-0.39, 0.29) is 17.6 Å². The largest absolute Gasteiger partial charge is 0.325 e. The number of thioether (sulfide) groups is 1. The molecule has 4 aromatic carbocycles. The Balaban J connectivity index is 1.46. The summed E-state index contributed by atoms with van der Waals surface area (Å²) in [5, 5.41) is 18.9. The van der Waals surface area contributed by atoms with E-state index in [4.69, 9.17) is 0 Å². The van der Waals surface area contributed by atoms with E-state index in [2.05, 4.69) is 16.0 Å². The van der Waals surface area contributed by atoms with Crippen molar-refractivity contribution in [1.82, 2.24) is 0 Å². The minimum atomic E-state index is -0.573. The molecule has 1 atom stereocenters. The van der Waals surface area contributed by atoms with E-state index in [0.29, 0.717) is 22.6 Å². The molecule has 4 aromatic rings. The normalized spacial score (nSPS) is 11.3. The Hall–Kier alpha value is -4.63. The molecule has 0 aromatic heterocycles. The zero-order valence-corrected chi connectivity index (χ0v) is 20.7. The van der Waals surface area contributed by atoms with Gasteiger partial charge in [0.2, 0.25) is 5.91 Å². The number of aryl methyl sites for hydroxylation is 1. The van der Waals surface area contributed by atoms with Gasteiger partial charge in [0, 0.05) is 34.1 Å². The monoisotopic (exact) mass is 512 g/mol. The molecule has 8 nitrogen and oxygen atoms in total. The van der Waals surface area contributed by atoms with E-state index in [9.17, 15) is 19.7 Å². The van der Waals surface area contributed by atoms with Crippen molar-refractivity contribution < 1.29 is 14.5 Å². The maximum Gasteiger partial charge on any atom is 0.323 e. The Morgan fingerprint density at radius 1 is 0.784 bits per heavy atom. The summed E-state index contributed by atoms with van der Waals surface area (Å²) in [5.41, 5.74) is 3.20. The number of nitrogens with one attached hydrogen (secondary N) is 3. The second-order valence-electron chi connectivity index (χ2n) is 8.12. The number of para-hydroxylation sites is 1. The quantitative estimate of drug-likeness (QED) is 0.133. The van der Waals surface area contributed by atoms with Crippen molar-refractivity contribution in [3.63, 3.8) is 0 Å². The molecule has 0 bridgehead atoms. The molecule has 0 aliphatic rings. The lowest BCUT2D eigenvalue weighted by atomic mass is 10.1. The summed E-state index contributed by atoms with van der Waals surface area (Å²) in [6, 6.07) is 29.7. The van der Waals surface area contributed by atoms with Gasteiger partial charge in [-0.1, -0.05) is 48.5 Å². The number of carbonyl (C=O) groups is 2. The van der Waals surface area contributed by atoms with Crippen LogP contribution in [0.1, 0.15) is 16.4 Å². The lowest BCUT2D eigenvalue weighted by Crippen LogP contribution is -2.20. The molecule has 0 radical (unpaired) electrons. The van der Waals surface area contributed by atoms with Gasteiger partial charge >= 0.3 is 6.03 Å². The summed E-state index contributed by atoms with van der Waals surface area (Å²) in [6.45, 7) is 1.72. The van der Waals surface area contributed by atoms with Gasteiger partial charge < -0.3 is 16.0 Å². The van der Waals surface area contributed by atoms with E-state index < -0.39 is 10.2 Å². The number of hydrogen-bond acceptors (Lipinski definition) is 5. The van der Waals surface area contributed by atoms with Crippen LogP contribution in [0.4, 0.5) is 27.5 Å². The van der Waals surface area contributed by atoms with Crippen molar-refractivity contribution in [2.45, 2.75) is 17.1 Å². The first-order valence-electron chi connectivity index (χ1n) is 11.4. The summed E-state index contributed by atoms with van der Waals surface area (Å²) in [6.07, 6.45) is 0. The van der Waals surface area contributed by atoms with Crippen LogP contribution in [-0.2, 0) is 4.79 Å². The van der Waals surface area contributed by atoms with Crippen molar-refractivity contribution in [3.8, 4) is 0 Å². The van der Waals surface area contributed by atoms with Crippen LogP contribution in [0.25, 0.3) is 0 Å². The maximum atomic E-state index is 13.3. The molecule has 0 saturated carbocycles. The molecule has 4 rings (SSSR count). The topological polar surface area (TPSA) is 113 Å². The van der Waals surface area contributed by atoms with Crippen LogP contribution >= 0.6 is 11.8 Å². The molecule has 9 heteroatoms. The van der Waals surface area contributed by atoms with Crippen LogP contribution in [0.5, 0.6) is 0 Å². The SMILES string of the molecule is Cc1cc([N+](=O)[O-])ccc1NC(=O)C(Sc1ccc(NC(=O)Nc2ccccc2)cc1)c1ccccc1. The Kier molecular flexibility index (Phi) is 8.17. The minimum Gasteiger partial charge on any atom is -0.325 e. The van der Waals surface area contributed by atoms with E-state index in [1.54, 1.807) is 37.3 Å². The third-order valence-electron chi connectivity index (χ3n) is 5.42. The summed E-state index contributed by atoms with van der Waals surface area (Å²) >= 11 is 1.36. The second-order valence-corrected chi connectivity index (χ2v) is 9.30. The van der Waals surface area contributed by atoms with Crippen molar-refractivity contribution in [2.24, 2.45) is 0 Å². The highest BCUT2D eigenvalue weighted by molar-refractivity contribution is 8.00. The predicted octanol–water partition coefficient (Wildman–Crippen LogP) is 7.02. The highest BCUT2D eigenvalue weighted by atomic mass is 32.2. The number of urea groups is 1. The molecule has 0 aliphatic carbocycles. The molecule has 0 aliphatic heterocycles. The summed E-state index contributed by atoms with van der Waals surface area (Å²) in [7, 11) is 0. The molecular formula is C28H24N4O4S. The van der Waals surface area contributed by atoms with Gasteiger partial charge in [0.05, 0.1) is 4.92 Å². The van der Waals surface area contributed by atoms with Gasteiger partial charge in [-0.15, -0.1) is 11.8 Å². The van der Waals surface area contributed by atoms with Gasteiger partial charge in [-0.25, -0.2) is 4.79 Å². The number of non-ortho nitro benzene ring substituents is 1. The number of nitro groups is 1. The number of benzene rings is 4. The molecule has 3 amide bonds. The lowest BCUT2D eigenvalue weighted by molar-refractivity contribution is -0.384. The zero-order valence-electron chi connectivity index (χ0n) is 19.9. The highest BCUT2D eigenvalue weighted by Crippen LogP contribution is 2.37. The Bertz CT molecular complexity index is 1400. The lowest BCUT2D eigenvalue weighted by Gasteiger charge is -2.18. The number of amides is 3. The third-order valence-corrected chi connectivity index (χ3v) is 6.68. The molecule has 1 unspecified atom stereocenters. The van der Waals surface area contributed by atoms with Gasteiger partial charge in [0.1, 0.15) is 5.25 Å². The van der Waals surface area contributed by atoms with E-state index in [0.717, 1.165) is 10.5 Å². The number of rotatable bonds is 8. The molecule has 0 fully saturated rings. The summed E-state index contributed by atoms with van der Waals surface area (Å²) in [4.78, 5) is 37.0. The molecule has 0 saturated heterocycles. The summed E-state index contributed by atoms with van der Waals surface area (Å²) in [5.74, 6) is -0.252. The van der Waals surface area contributed by atoms with Crippen molar-refractivity contribution in [3.05, 3.63) is 124 Å². The van der Waals surface area contributed by atoms with E-state index in [1.807, 2.05) is 60.7 Å². The first kappa shape index (κ1) is 25.5. The number of nitro benzene ring substituents is 1. The first-order valence-corrected chi connectivity index (χ1v) is 12.3. The van der Waals surface area contributed by atoms with E-state index >= 15 is 0 Å². The zero-order chi connectivity index (χ0) is 26.2. The molecule has 186 valence electrons. The van der Waals surface area contributed by atoms with Gasteiger partial charge in [-0.05, 0) is 60.5 Å². The van der Waals surface area contributed by atoms with Crippen LogP contribution in [0, 0.1) is 17.0 Å². The minimum absolute atomic E-state index is 0.0318. The smallest absolute Gasteiger partial charge is 0.323 e. The number of hydrogen-bond donors (Lipinski definition) is 3. The number of anilines is 3. The first-order chi connectivity index (χ1) is 17.9. The van der Waals surface area contributed by atoms with Crippen LogP contribution < -0.4 is 16.0 Å². The van der Waals surface area contributed by atoms with Crippen molar-refractivity contribution >= 4 is 46.4 Å². The molecule has 0 spiro atoms. The molecule has 3 N–H and O–H groups in total. The van der Waals surface area contributed by atoms with Crippen LogP contribution in [-0.4, -0.2) is 16.9 Å². The van der Waals surface area contributed by atoms with E-state index in [1.165, 1.54) is 23.9 Å². The Morgan fingerprint density at radius 3 is 1.97 bits per heavy atom. The van der Waals surface area contributed by atoms with Crippen LogP contribution in [0.3, 0.4) is 0 Å². The van der Waals surface area contributed by atoms with Gasteiger partial charge in [0.25, 0.3) is 5.69 Å². The average Bonchev–Trinajstić information content (AvgIpc) is 2.90. The van der Waals surface area contributed by atoms with Gasteiger partial charge in [-0.2, -0.15) is 0 Å². The van der Waals surface area contributed by atoms with Gasteiger partial charge in [0.15, 0.2) is 0 Å². The van der Waals surface area contributed by atoms with Crippen molar-refractivity contribution in [1.29, 1.82) is 0 Å². The maximum absolute atomic E-state index is 13.3. The molecule has 37 heavy (non-hydrogen) atoms. The standard InChI is InChI=1S/C28H24N4O4S/c1-19-18-23(32(35)36)14-17-25(19)31-27(33)26(20-8-4-2-5-9-20)37-24-15-12-22(13-16-24)30-28(34)29-21-10-6-3-7-11-21/h2-18,26H,1H3,(H,31,33)(H2,29,30,34). The fourth-order valence-electron chi connectivity index (χ4n) is 3.57. The predicted molar refractivity (Wildman–Crippen MR) is 147 cm³/mol. The third kappa shape index (κ3) is 6.96.